The molecule has 0 unspecified atom stereocenters. The van der Waals surface area contributed by atoms with Crippen molar-refractivity contribution in [3.63, 3.8) is 0 Å². The molecule has 0 atom stereocenters. The standard InChI is InChI=1S/C17H16N6O3S/c1-26-16-6-14-13(8-20-16)17-15(9-19-14)21-10-23(17)12-4-2-11(3-5-12)7-22-27(18,24)25/h2-6,8-10,22H,7H2,1H3,(H2,18,24,25). The van der Waals surface area contributed by atoms with Gasteiger partial charge in [-0.2, -0.15) is 13.1 Å². The van der Waals surface area contributed by atoms with Crippen molar-refractivity contribution in [2.45, 2.75) is 6.54 Å². The third kappa shape index (κ3) is 3.45. The van der Waals surface area contributed by atoms with Crippen molar-refractivity contribution in [2.24, 2.45) is 5.14 Å². The lowest BCUT2D eigenvalue weighted by Gasteiger charge is -2.08. The summed E-state index contributed by atoms with van der Waals surface area (Å²) in [7, 11) is -2.17. The molecule has 27 heavy (non-hydrogen) atoms. The van der Waals surface area contributed by atoms with Gasteiger partial charge < -0.3 is 4.74 Å². The summed E-state index contributed by atoms with van der Waals surface area (Å²) in [5.41, 5.74) is 4.04. The van der Waals surface area contributed by atoms with Crippen LogP contribution in [0, 0.1) is 0 Å². The number of nitrogens with two attached hydrogens (primary N) is 1. The maximum Gasteiger partial charge on any atom is 0.274 e. The number of rotatable bonds is 5. The van der Waals surface area contributed by atoms with Crippen molar-refractivity contribution in [1.82, 2.24) is 24.2 Å². The summed E-state index contributed by atoms with van der Waals surface area (Å²) in [6, 6.07) is 9.18. The van der Waals surface area contributed by atoms with Crippen LogP contribution in [0.25, 0.3) is 27.6 Å². The van der Waals surface area contributed by atoms with E-state index in [2.05, 4.69) is 19.7 Å². The fraction of sp³-hybridized carbons (Fsp3) is 0.118. The summed E-state index contributed by atoms with van der Waals surface area (Å²) in [4.78, 5) is 13.1. The summed E-state index contributed by atoms with van der Waals surface area (Å²) in [6.07, 6.45) is 5.14. The third-order valence-electron chi connectivity index (χ3n) is 4.14. The molecule has 3 aromatic heterocycles. The van der Waals surface area contributed by atoms with Gasteiger partial charge in [0.25, 0.3) is 10.2 Å². The van der Waals surface area contributed by atoms with Crippen LogP contribution >= 0.6 is 0 Å². The summed E-state index contributed by atoms with van der Waals surface area (Å²) in [5.74, 6) is 0.493. The summed E-state index contributed by atoms with van der Waals surface area (Å²) in [6.45, 7) is 0.125. The number of hydrogen-bond donors (Lipinski definition) is 2. The smallest absolute Gasteiger partial charge is 0.274 e. The minimum absolute atomic E-state index is 0.125. The van der Waals surface area contributed by atoms with Crippen molar-refractivity contribution < 1.29 is 13.2 Å². The predicted molar refractivity (Wildman–Crippen MR) is 101 cm³/mol. The molecule has 0 spiro atoms. The van der Waals surface area contributed by atoms with E-state index in [1.807, 2.05) is 28.8 Å². The van der Waals surface area contributed by atoms with Gasteiger partial charge in [0.1, 0.15) is 11.8 Å². The normalized spacial score (nSPS) is 11.9. The van der Waals surface area contributed by atoms with Crippen molar-refractivity contribution in [3.8, 4) is 11.6 Å². The highest BCUT2D eigenvalue weighted by Gasteiger charge is 2.11. The zero-order valence-corrected chi connectivity index (χ0v) is 15.1. The third-order valence-corrected chi connectivity index (χ3v) is 4.68. The van der Waals surface area contributed by atoms with Crippen molar-refractivity contribution in [2.75, 3.05) is 7.11 Å². The first kappa shape index (κ1) is 17.3. The van der Waals surface area contributed by atoms with E-state index in [-0.39, 0.29) is 6.54 Å². The highest BCUT2D eigenvalue weighted by molar-refractivity contribution is 7.87. The van der Waals surface area contributed by atoms with Crippen molar-refractivity contribution in [1.29, 1.82) is 0 Å². The van der Waals surface area contributed by atoms with Crippen LogP contribution in [0.3, 0.4) is 0 Å². The summed E-state index contributed by atoms with van der Waals surface area (Å²) >= 11 is 0. The van der Waals surface area contributed by atoms with E-state index in [1.165, 1.54) is 0 Å². The second-order valence-electron chi connectivity index (χ2n) is 5.88. The zero-order valence-electron chi connectivity index (χ0n) is 14.3. The Morgan fingerprint density at radius 3 is 2.59 bits per heavy atom. The first-order valence-electron chi connectivity index (χ1n) is 7.97. The molecule has 9 nitrogen and oxygen atoms in total. The number of fused-ring (bicyclic) bond motifs is 3. The Labute approximate surface area is 155 Å². The summed E-state index contributed by atoms with van der Waals surface area (Å²) in [5, 5.41) is 5.81. The van der Waals surface area contributed by atoms with Gasteiger partial charge in [-0.1, -0.05) is 12.1 Å². The van der Waals surface area contributed by atoms with Crippen LogP contribution in [-0.2, 0) is 16.8 Å². The molecule has 138 valence electrons. The van der Waals surface area contributed by atoms with Gasteiger partial charge in [0, 0.05) is 29.9 Å². The lowest BCUT2D eigenvalue weighted by Crippen LogP contribution is -2.30. The molecule has 0 bridgehead atoms. The van der Waals surface area contributed by atoms with Gasteiger partial charge in [-0.05, 0) is 17.7 Å². The number of ether oxygens (including phenoxy) is 1. The molecule has 0 fully saturated rings. The van der Waals surface area contributed by atoms with Crippen LogP contribution in [0.4, 0.5) is 0 Å². The molecule has 0 aliphatic rings. The number of pyridine rings is 2. The fourth-order valence-electron chi connectivity index (χ4n) is 2.84. The Morgan fingerprint density at radius 1 is 1.11 bits per heavy atom. The van der Waals surface area contributed by atoms with Gasteiger partial charge in [-0.15, -0.1) is 0 Å². The molecular formula is C17H16N6O3S. The van der Waals surface area contributed by atoms with Crippen LogP contribution in [0.2, 0.25) is 0 Å². The first-order chi connectivity index (χ1) is 12.9. The highest BCUT2D eigenvalue weighted by atomic mass is 32.2. The van der Waals surface area contributed by atoms with Gasteiger partial charge in [0.2, 0.25) is 5.88 Å². The van der Waals surface area contributed by atoms with Gasteiger partial charge >= 0.3 is 0 Å². The van der Waals surface area contributed by atoms with Crippen LogP contribution in [0.1, 0.15) is 5.56 Å². The number of hydrogen-bond acceptors (Lipinski definition) is 6. The van der Waals surface area contributed by atoms with E-state index >= 15 is 0 Å². The maximum atomic E-state index is 11.0. The number of nitrogens with zero attached hydrogens (tertiary/aromatic N) is 4. The SMILES string of the molecule is COc1cc2ncc3ncn(-c4ccc(CNS(N)(=O)=O)cc4)c3c2cn1. The molecule has 4 rings (SSSR count). The Kier molecular flexibility index (Phi) is 4.22. The van der Waals surface area contributed by atoms with Crippen molar-refractivity contribution in [3.05, 3.63) is 54.6 Å². The van der Waals surface area contributed by atoms with Crippen LogP contribution in [-0.4, -0.2) is 35.0 Å². The molecular weight excluding hydrogens is 368 g/mol. The van der Waals surface area contributed by atoms with Gasteiger partial charge in [-0.3, -0.25) is 9.55 Å². The van der Waals surface area contributed by atoms with Crippen LogP contribution < -0.4 is 14.6 Å². The maximum absolute atomic E-state index is 11.0. The zero-order chi connectivity index (χ0) is 19.0. The molecule has 0 aliphatic carbocycles. The van der Waals surface area contributed by atoms with E-state index in [0.29, 0.717) is 5.88 Å². The number of methoxy groups -OCH3 is 1. The lowest BCUT2D eigenvalue weighted by molar-refractivity contribution is 0.398. The molecule has 3 heterocycles. The largest absolute Gasteiger partial charge is 0.481 e. The van der Waals surface area contributed by atoms with Gasteiger partial charge in [0.05, 0.1) is 24.3 Å². The minimum atomic E-state index is -3.72. The Balaban J connectivity index is 1.76. The van der Waals surface area contributed by atoms with Crippen LogP contribution in [0.5, 0.6) is 5.88 Å². The van der Waals surface area contributed by atoms with Crippen LogP contribution in [0.15, 0.2) is 49.1 Å². The molecule has 10 heteroatoms. The van der Waals surface area contributed by atoms with E-state index in [1.54, 1.807) is 31.9 Å². The predicted octanol–water partition coefficient (Wildman–Crippen LogP) is 1.27. The van der Waals surface area contributed by atoms with E-state index in [9.17, 15) is 8.42 Å². The molecule has 0 amide bonds. The average molecular weight is 384 g/mol. The average Bonchev–Trinajstić information content (AvgIpc) is 3.10. The highest BCUT2D eigenvalue weighted by Crippen LogP contribution is 2.26. The Hall–Kier alpha value is -3.08. The molecule has 3 N–H and O–H groups in total. The van der Waals surface area contributed by atoms with E-state index < -0.39 is 10.2 Å². The Morgan fingerprint density at radius 2 is 1.89 bits per heavy atom. The summed E-state index contributed by atoms with van der Waals surface area (Å²) < 4.78 is 31.4. The van der Waals surface area contributed by atoms with E-state index in [4.69, 9.17) is 9.88 Å². The quantitative estimate of drug-likeness (QED) is 0.534. The monoisotopic (exact) mass is 384 g/mol. The number of nitrogens with one attached hydrogen (secondary N) is 1. The van der Waals surface area contributed by atoms with E-state index in [0.717, 1.165) is 33.2 Å². The first-order valence-corrected chi connectivity index (χ1v) is 9.52. The molecule has 4 aromatic rings. The second kappa shape index (κ2) is 6.58. The molecule has 1 aromatic carbocycles. The van der Waals surface area contributed by atoms with Gasteiger partial charge in [0.15, 0.2) is 0 Å². The fourth-order valence-corrected chi connectivity index (χ4v) is 3.20. The molecule has 0 aliphatic heterocycles. The van der Waals surface area contributed by atoms with Crippen molar-refractivity contribution >= 4 is 32.1 Å². The number of benzene rings is 1. The number of imidazole rings is 1. The molecule has 0 saturated carbocycles. The molecule has 0 saturated heterocycles. The molecule has 0 radical (unpaired) electrons. The topological polar surface area (TPSA) is 125 Å². The second-order valence-corrected chi connectivity index (χ2v) is 7.26. The lowest BCUT2D eigenvalue weighted by atomic mass is 10.2. The Bertz CT molecular complexity index is 1230. The minimum Gasteiger partial charge on any atom is -0.481 e. The number of aromatic nitrogens is 4. The van der Waals surface area contributed by atoms with Gasteiger partial charge in [-0.25, -0.2) is 15.1 Å².